The van der Waals surface area contributed by atoms with E-state index in [1.54, 1.807) is 37.3 Å². The van der Waals surface area contributed by atoms with Crippen molar-refractivity contribution in [3.05, 3.63) is 29.3 Å². The van der Waals surface area contributed by atoms with Crippen LogP contribution in [0.2, 0.25) is 0 Å². The zero-order valence-corrected chi connectivity index (χ0v) is 15.6. The van der Waals surface area contributed by atoms with Gasteiger partial charge in [-0.1, -0.05) is 0 Å². The van der Waals surface area contributed by atoms with Crippen LogP contribution < -0.4 is 19.7 Å². The normalized spacial score (nSPS) is 13.9. The molecule has 1 aromatic carbocycles. The second kappa shape index (κ2) is 7.61. The average Bonchev–Trinajstić information content (AvgIpc) is 3.20. The van der Waals surface area contributed by atoms with Crippen molar-refractivity contribution in [2.75, 3.05) is 44.1 Å². The van der Waals surface area contributed by atoms with E-state index >= 15 is 0 Å². The lowest BCUT2D eigenvalue weighted by Crippen LogP contribution is -2.37. The molecule has 1 saturated heterocycles. The van der Waals surface area contributed by atoms with Crippen LogP contribution in [-0.4, -0.2) is 55.7 Å². The minimum absolute atomic E-state index is 0.0275. The number of nitrogens with one attached hydrogen (secondary N) is 1. The number of rotatable bonds is 6. The number of ether oxygens (including phenoxy) is 2. The molecule has 1 N–H and O–H groups in total. The smallest absolute Gasteiger partial charge is 0.325 e. The van der Waals surface area contributed by atoms with E-state index in [1.807, 2.05) is 12.3 Å². The van der Waals surface area contributed by atoms with Crippen LogP contribution in [0.5, 0.6) is 11.5 Å². The molecule has 3 rings (SSSR count). The Morgan fingerprint density at radius 3 is 2.77 bits per heavy atom. The van der Waals surface area contributed by atoms with E-state index in [2.05, 4.69) is 10.3 Å². The van der Waals surface area contributed by atoms with E-state index in [4.69, 9.17) is 9.47 Å². The maximum Gasteiger partial charge on any atom is 0.325 e. The predicted molar refractivity (Wildman–Crippen MR) is 99.3 cm³/mol. The van der Waals surface area contributed by atoms with Gasteiger partial charge in [-0.05, 0) is 19.1 Å². The van der Waals surface area contributed by atoms with Gasteiger partial charge in [-0.25, -0.2) is 9.78 Å². The lowest BCUT2D eigenvalue weighted by Gasteiger charge is -2.20. The monoisotopic (exact) mass is 376 g/mol. The van der Waals surface area contributed by atoms with E-state index in [9.17, 15) is 9.59 Å². The SMILES string of the molecule is COc1ccc(OC)c(N2CCN(CC(=O)Nc3nc(C)cs3)C2=O)c1. The van der Waals surface area contributed by atoms with Gasteiger partial charge in [-0.2, -0.15) is 0 Å². The average molecular weight is 376 g/mol. The second-order valence-corrected chi connectivity index (χ2v) is 6.59. The summed E-state index contributed by atoms with van der Waals surface area (Å²) in [6, 6.07) is 5.02. The molecule has 0 aliphatic carbocycles. The molecule has 0 atom stereocenters. The molecule has 1 aromatic heterocycles. The summed E-state index contributed by atoms with van der Waals surface area (Å²) >= 11 is 1.36. The highest BCUT2D eigenvalue weighted by molar-refractivity contribution is 7.13. The van der Waals surface area contributed by atoms with Crippen LogP contribution in [0.25, 0.3) is 0 Å². The van der Waals surface area contributed by atoms with Crippen LogP contribution in [0.1, 0.15) is 5.69 Å². The van der Waals surface area contributed by atoms with Gasteiger partial charge in [-0.15, -0.1) is 11.3 Å². The van der Waals surface area contributed by atoms with Gasteiger partial charge in [0.05, 0.1) is 25.6 Å². The molecule has 9 heteroatoms. The minimum atomic E-state index is -0.271. The standard InChI is InChI=1S/C17H20N4O4S/c1-11-10-26-16(18-11)19-15(22)9-20-6-7-21(17(20)23)13-8-12(24-2)4-5-14(13)25-3/h4-5,8,10H,6-7,9H2,1-3H3,(H,18,19,22). The highest BCUT2D eigenvalue weighted by Gasteiger charge is 2.32. The summed E-state index contributed by atoms with van der Waals surface area (Å²) in [5.74, 6) is 0.930. The molecule has 0 spiro atoms. The largest absolute Gasteiger partial charge is 0.497 e. The quantitative estimate of drug-likeness (QED) is 0.837. The Labute approximate surface area is 155 Å². The van der Waals surface area contributed by atoms with Gasteiger partial charge in [0.15, 0.2) is 5.13 Å². The molecule has 0 bridgehead atoms. The Morgan fingerprint density at radius 2 is 2.12 bits per heavy atom. The highest BCUT2D eigenvalue weighted by Crippen LogP contribution is 2.34. The first-order chi connectivity index (χ1) is 12.5. The Bertz CT molecular complexity index is 823. The molecule has 0 radical (unpaired) electrons. The van der Waals surface area contributed by atoms with Gasteiger partial charge in [0.1, 0.15) is 18.0 Å². The van der Waals surface area contributed by atoms with Crippen molar-refractivity contribution in [1.29, 1.82) is 0 Å². The van der Waals surface area contributed by atoms with Crippen LogP contribution in [0.15, 0.2) is 23.6 Å². The van der Waals surface area contributed by atoms with Gasteiger partial charge >= 0.3 is 6.03 Å². The molecule has 8 nitrogen and oxygen atoms in total. The molecule has 0 saturated carbocycles. The van der Waals surface area contributed by atoms with Gasteiger partial charge in [0.2, 0.25) is 5.91 Å². The number of aromatic nitrogens is 1. The molecule has 1 aliphatic heterocycles. The van der Waals surface area contributed by atoms with Gasteiger partial charge in [0.25, 0.3) is 0 Å². The fraction of sp³-hybridized carbons (Fsp3) is 0.353. The number of benzene rings is 1. The van der Waals surface area contributed by atoms with E-state index in [-0.39, 0.29) is 18.5 Å². The molecular formula is C17H20N4O4S. The number of aryl methyl sites for hydroxylation is 1. The molecule has 1 fully saturated rings. The molecule has 3 amide bonds. The van der Waals surface area contributed by atoms with Crippen molar-refractivity contribution in [2.45, 2.75) is 6.92 Å². The van der Waals surface area contributed by atoms with Crippen molar-refractivity contribution in [1.82, 2.24) is 9.88 Å². The van der Waals surface area contributed by atoms with Crippen molar-refractivity contribution in [3.8, 4) is 11.5 Å². The summed E-state index contributed by atoms with van der Waals surface area (Å²) < 4.78 is 10.6. The van der Waals surface area contributed by atoms with Crippen molar-refractivity contribution in [3.63, 3.8) is 0 Å². The number of thiazole rings is 1. The van der Waals surface area contributed by atoms with Gasteiger partial charge < -0.3 is 19.7 Å². The summed E-state index contributed by atoms with van der Waals surface area (Å²) in [5, 5.41) is 5.10. The topological polar surface area (TPSA) is 84.0 Å². The Kier molecular flexibility index (Phi) is 5.27. The summed E-state index contributed by atoms with van der Waals surface area (Å²) in [4.78, 5) is 32.2. The lowest BCUT2D eigenvalue weighted by molar-refractivity contribution is -0.116. The van der Waals surface area contributed by atoms with Gasteiger partial charge in [-0.3, -0.25) is 9.69 Å². The number of hydrogen-bond donors (Lipinski definition) is 1. The molecule has 2 heterocycles. The summed E-state index contributed by atoms with van der Waals surface area (Å²) in [5.41, 5.74) is 1.47. The number of methoxy groups -OCH3 is 2. The molecule has 138 valence electrons. The minimum Gasteiger partial charge on any atom is -0.497 e. The zero-order chi connectivity index (χ0) is 18.7. The number of amides is 3. The fourth-order valence-corrected chi connectivity index (χ4v) is 3.41. The van der Waals surface area contributed by atoms with E-state index < -0.39 is 0 Å². The maximum atomic E-state index is 12.7. The van der Waals surface area contributed by atoms with Crippen LogP contribution in [0, 0.1) is 6.92 Å². The van der Waals surface area contributed by atoms with E-state index in [0.29, 0.717) is 35.4 Å². The third-order valence-corrected chi connectivity index (χ3v) is 4.85. The lowest BCUT2D eigenvalue weighted by atomic mass is 10.2. The summed E-state index contributed by atoms with van der Waals surface area (Å²) in [7, 11) is 3.11. The molecule has 1 aliphatic rings. The van der Waals surface area contributed by atoms with Crippen LogP contribution in [-0.2, 0) is 4.79 Å². The first-order valence-electron chi connectivity index (χ1n) is 8.02. The van der Waals surface area contributed by atoms with E-state index in [1.165, 1.54) is 16.2 Å². The van der Waals surface area contributed by atoms with Crippen molar-refractivity contribution < 1.29 is 19.1 Å². The first-order valence-corrected chi connectivity index (χ1v) is 8.90. The third kappa shape index (κ3) is 3.72. The molecule has 26 heavy (non-hydrogen) atoms. The molecular weight excluding hydrogens is 356 g/mol. The fourth-order valence-electron chi connectivity index (χ4n) is 2.70. The Balaban J connectivity index is 1.69. The van der Waals surface area contributed by atoms with E-state index in [0.717, 1.165) is 5.69 Å². The maximum absolute atomic E-state index is 12.7. The van der Waals surface area contributed by atoms with Crippen molar-refractivity contribution >= 4 is 34.1 Å². The number of hydrogen-bond acceptors (Lipinski definition) is 6. The predicted octanol–water partition coefficient (Wildman–Crippen LogP) is 2.35. The third-order valence-electron chi connectivity index (χ3n) is 3.97. The second-order valence-electron chi connectivity index (χ2n) is 5.74. The highest BCUT2D eigenvalue weighted by atomic mass is 32.1. The number of nitrogens with zero attached hydrogens (tertiary/aromatic N) is 3. The van der Waals surface area contributed by atoms with Crippen molar-refractivity contribution in [2.24, 2.45) is 0 Å². The molecule has 2 aromatic rings. The Hall–Kier alpha value is -2.81. The number of anilines is 2. The summed E-state index contributed by atoms with van der Waals surface area (Å²) in [6.45, 7) is 2.74. The zero-order valence-electron chi connectivity index (χ0n) is 14.8. The van der Waals surface area contributed by atoms with Crippen LogP contribution in [0.3, 0.4) is 0 Å². The van der Waals surface area contributed by atoms with Crippen LogP contribution in [0.4, 0.5) is 15.6 Å². The summed E-state index contributed by atoms with van der Waals surface area (Å²) in [6.07, 6.45) is 0. The number of urea groups is 1. The molecule has 0 unspecified atom stereocenters. The first kappa shape index (κ1) is 18.0. The van der Waals surface area contributed by atoms with Crippen LogP contribution >= 0.6 is 11.3 Å². The van der Waals surface area contributed by atoms with Gasteiger partial charge in [0, 0.05) is 24.5 Å². The Morgan fingerprint density at radius 1 is 1.31 bits per heavy atom. The number of carbonyl (C=O) groups excluding carboxylic acids is 2. The number of carbonyl (C=O) groups is 2.